The Hall–Kier alpha value is -2.95. The lowest BCUT2D eigenvalue weighted by atomic mass is 9.76. The Balaban J connectivity index is 1.76. The summed E-state index contributed by atoms with van der Waals surface area (Å²) in [6.45, 7) is 0.331. The van der Waals surface area contributed by atoms with Gasteiger partial charge in [0.25, 0.3) is 0 Å². The van der Waals surface area contributed by atoms with Crippen molar-refractivity contribution < 1.29 is 14.3 Å². The van der Waals surface area contributed by atoms with Crippen LogP contribution in [0.5, 0.6) is 11.5 Å². The topological polar surface area (TPSA) is 88.6 Å². The predicted octanol–water partition coefficient (Wildman–Crippen LogP) is 5.42. The van der Waals surface area contributed by atoms with Gasteiger partial charge in [0.15, 0.2) is 17.3 Å². The second-order valence-electron chi connectivity index (χ2n) is 7.98. The third-order valence-corrected chi connectivity index (χ3v) is 7.01. The number of methoxy groups -OCH3 is 1. The number of hydrogen-bond acceptors (Lipinski definition) is 6. The maximum Gasteiger partial charge on any atom is 0.162 e. The maximum atomic E-state index is 13.0. The van der Waals surface area contributed by atoms with E-state index in [1.54, 1.807) is 25.1 Å². The molecule has 2 aromatic carbocycles. The highest BCUT2D eigenvalue weighted by Gasteiger charge is 2.39. The fraction of sp³-hybridized carbons (Fsp3) is 0.280. The van der Waals surface area contributed by atoms with Gasteiger partial charge in [0, 0.05) is 34.2 Å². The van der Waals surface area contributed by atoms with Crippen molar-refractivity contribution in [2.45, 2.75) is 31.8 Å². The number of rotatable bonds is 5. The molecule has 0 bridgehead atoms. The van der Waals surface area contributed by atoms with E-state index in [1.807, 2.05) is 30.3 Å². The smallest absolute Gasteiger partial charge is 0.162 e. The first-order valence-corrected chi connectivity index (χ1v) is 11.7. The Labute approximate surface area is 206 Å². The van der Waals surface area contributed by atoms with E-state index < -0.39 is 5.92 Å². The minimum Gasteiger partial charge on any atom is -0.493 e. The molecule has 0 radical (unpaired) electrons. The van der Waals surface area contributed by atoms with Crippen LogP contribution in [-0.4, -0.2) is 24.8 Å². The van der Waals surface area contributed by atoms with Crippen LogP contribution in [0.3, 0.4) is 0 Å². The van der Waals surface area contributed by atoms with Crippen molar-refractivity contribution >= 4 is 33.3 Å². The van der Waals surface area contributed by atoms with Crippen LogP contribution in [0.1, 0.15) is 36.3 Å². The molecule has 0 aromatic heterocycles. The van der Waals surface area contributed by atoms with Crippen LogP contribution < -0.4 is 15.2 Å². The number of hydrogen-bond donors (Lipinski definition) is 1. The molecule has 0 amide bonds. The van der Waals surface area contributed by atoms with Crippen molar-refractivity contribution in [1.29, 1.82) is 5.26 Å². The highest BCUT2D eigenvalue weighted by molar-refractivity contribution is 9.10. The van der Waals surface area contributed by atoms with Gasteiger partial charge in [-0.05, 0) is 48.2 Å². The molecule has 33 heavy (non-hydrogen) atoms. The van der Waals surface area contributed by atoms with Gasteiger partial charge in [-0.15, -0.1) is 0 Å². The average molecular weight is 529 g/mol. The zero-order chi connectivity index (χ0) is 23.7. The number of allylic oxidation sites excluding steroid dienone is 3. The molecule has 0 spiro atoms. The van der Waals surface area contributed by atoms with E-state index in [9.17, 15) is 10.1 Å². The summed E-state index contributed by atoms with van der Waals surface area (Å²) in [7, 11) is 3.36. The molecule has 0 saturated carbocycles. The van der Waals surface area contributed by atoms with Crippen LogP contribution in [0.2, 0.25) is 5.02 Å². The minimum absolute atomic E-state index is 0.0438. The number of nitriles is 1. The van der Waals surface area contributed by atoms with E-state index >= 15 is 0 Å². The van der Waals surface area contributed by atoms with Gasteiger partial charge < -0.3 is 20.1 Å². The number of carbonyl (C=O) groups excluding carboxylic acids is 1. The third kappa shape index (κ3) is 4.33. The summed E-state index contributed by atoms with van der Waals surface area (Å²) in [6.07, 6.45) is 1.97. The summed E-state index contributed by atoms with van der Waals surface area (Å²) in [6, 6.07) is 13.3. The molecule has 170 valence electrons. The van der Waals surface area contributed by atoms with E-state index in [-0.39, 0.29) is 5.78 Å². The minimum atomic E-state index is -0.567. The van der Waals surface area contributed by atoms with Crippen LogP contribution in [-0.2, 0) is 11.4 Å². The normalized spacial score (nSPS) is 18.2. The number of Topliss-reactive ketones (excluding diaryl/α,β-unsaturated/α-hetero) is 1. The lowest BCUT2D eigenvalue weighted by Gasteiger charge is -2.38. The van der Waals surface area contributed by atoms with Crippen molar-refractivity contribution in [2.24, 2.45) is 5.73 Å². The molecular weight excluding hydrogens is 506 g/mol. The van der Waals surface area contributed by atoms with Crippen LogP contribution in [0.15, 0.2) is 63.5 Å². The fourth-order valence-corrected chi connectivity index (χ4v) is 5.04. The molecule has 0 fully saturated rings. The van der Waals surface area contributed by atoms with Crippen molar-refractivity contribution in [2.75, 3.05) is 14.2 Å². The molecule has 2 aromatic rings. The van der Waals surface area contributed by atoms with E-state index in [0.29, 0.717) is 51.0 Å². The van der Waals surface area contributed by atoms with E-state index in [1.165, 1.54) is 0 Å². The lowest BCUT2D eigenvalue weighted by molar-refractivity contribution is -0.116. The van der Waals surface area contributed by atoms with Gasteiger partial charge in [0.2, 0.25) is 0 Å². The molecule has 2 N–H and O–H groups in total. The van der Waals surface area contributed by atoms with Gasteiger partial charge in [-0.2, -0.15) is 5.26 Å². The van der Waals surface area contributed by atoms with Gasteiger partial charge in [-0.3, -0.25) is 4.79 Å². The monoisotopic (exact) mass is 527 g/mol. The Morgan fingerprint density at radius 1 is 1.24 bits per heavy atom. The van der Waals surface area contributed by atoms with Crippen LogP contribution >= 0.6 is 27.5 Å². The maximum absolute atomic E-state index is 13.0. The number of nitrogens with two attached hydrogens (primary N) is 1. The van der Waals surface area contributed by atoms with Crippen molar-refractivity contribution in [3.63, 3.8) is 0 Å². The summed E-state index contributed by atoms with van der Waals surface area (Å²) in [5, 5.41) is 10.6. The summed E-state index contributed by atoms with van der Waals surface area (Å²) in [5.41, 5.74) is 9.90. The molecule has 4 rings (SSSR count). The first-order valence-electron chi connectivity index (χ1n) is 10.5. The van der Waals surface area contributed by atoms with E-state index in [4.69, 9.17) is 26.8 Å². The first kappa shape index (κ1) is 23.2. The Kier molecular flexibility index (Phi) is 6.68. The highest BCUT2D eigenvalue weighted by atomic mass is 79.9. The Morgan fingerprint density at radius 3 is 2.64 bits per heavy atom. The number of ketones is 1. The molecule has 2 aliphatic rings. The molecule has 1 atom stereocenters. The van der Waals surface area contributed by atoms with Crippen molar-refractivity contribution in [3.8, 4) is 17.6 Å². The molecule has 0 unspecified atom stereocenters. The van der Waals surface area contributed by atoms with Crippen LogP contribution in [0.4, 0.5) is 0 Å². The SMILES string of the molecule is COc1cc([C@H]2C(C#N)=C(N)N(C)C3=C2C(=O)CCC3)c(Br)cc1OCc1ccc(Cl)cc1. The molecule has 1 aliphatic heterocycles. The van der Waals surface area contributed by atoms with Crippen molar-refractivity contribution in [3.05, 3.63) is 79.7 Å². The van der Waals surface area contributed by atoms with E-state index in [2.05, 4.69) is 22.0 Å². The number of nitrogens with zero attached hydrogens (tertiary/aromatic N) is 2. The van der Waals surface area contributed by atoms with Crippen molar-refractivity contribution in [1.82, 2.24) is 4.90 Å². The number of carbonyl (C=O) groups is 1. The lowest BCUT2D eigenvalue weighted by Crippen LogP contribution is -2.36. The van der Waals surface area contributed by atoms with Gasteiger partial charge in [0.05, 0.1) is 24.7 Å². The molecule has 1 aliphatic carbocycles. The molecule has 8 heteroatoms. The summed E-state index contributed by atoms with van der Waals surface area (Å²) < 4.78 is 12.3. The van der Waals surface area contributed by atoms with Crippen LogP contribution in [0, 0.1) is 11.3 Å². The largest absolute Gasteiger partial charge is 0.493 e. The second kappa shape index (κ2) is 9.50. The number of ether oxygens (including phenoxy) is 2. The fourth-order valence-electron chi connectivity index (χ4n) is 4.36. The third-order valence-electron chi connectivity index (χ3n) is 6.07. The molecule has 1 heterocycles. The summed E-state index contributed by atoms with van der Waals surface area (Å²) >= 11 is 9.59. The molecule has 0 saturated heterocycles. The standard InChI is InChI=1S/C25H23BrClN3O3/c1-30-19-4-3-5-20(31)24(19)23(17(12-28)25(30)29)16-10-21(32-2)22(11-18(16)26)33-13-14-6-8-15(27)9-7-14/h6-11,23H,3-5,13,29H2,1-2H3/t23-/m0/s1. The van der Waals surface area contributed by atoms with Crippen LogP contribution in [0.25, 0.3) is 0 Å². The van der Waals surface area contributed by atoms with Gasteiger partial charge in [-0.25, -0.2) is 0 Å². The predicted molar refractivity (Wildman–Crippen MR) is 130 cm³/mol. The highest BCUT2D eigenvalue weighted by Crippen LogP contribution is 2.48. The number of benzene rings is 2. The van der Waals surface area contributed by atoms with Gasteiger partial charge in [-0.1, -0.05) is 39.7 Å². The first-order chi connectivity index (χ1) is 15.8. The van der Waals surface area contributed by atoms with Gasteiger partial charge >= 0.3 is 0 Å². The van der Waals surface area contributed by atoms with Gasteiger partial charge in [0.1, 0.15) is 12.4 Å². The molecule has 6 nitrogen and oxygen atoms in total. The summed E-state index contributed by atoms with van der Waals surface area (Å²) in [5.74, 6) is 0.882. The molecular formula is C25H23BrClN3O3. The zero-order valence-electron chi connectivity index (χ0n) is 18.3. The number of halogens is 2. The van der Waals surface area contributed by atoms with E-state index in [0.717, 1.165) is 29.7 Å². The average Bonchev–Trinajstić information content (AvgIpc) is 2.81. The quantitative estimate of drug-likeness (QED) is 0.557. The second-order valence-corrected chi connectivity index (χ2v) is 9.27. The Bertz CT molecular complexity index is 1210. The summed E-state index contributed by atoms with van der Waals surface area (Å²) in [4.78, 5) is 14.8. The zero-order valence-corrected chi connectivity index (χ0v) is 20.7. The Morgan fingerprint density at radius 2 is 1.97 bits per heavy atom.